The van der Waals surface area contributed by atoms with Gasteiger partial charge in [0.15, 0.2) is 0 Å². The van der Waals surface area contributed by atoms with Crippen molar-refractivity contribution in [1.29, 1.82) is 0 Å². The van der Waals surface area contributed by atoms with Gasteiger partial charge in [0.1, 0.15) is 5.54 Å². The van der Waals surface area contributed by atoms with Crippen molar-refractivity contribution in [3.05, 3.63) is 0 Å². The highest BCUT2D eigenvalue weighted by Crippen LogP contribution is 2.11. The van der Waals surface area contributed by atoms with Gasteiger partial charge >= 0.3 is 5.97 Å². The molecule has 0 saturated carbocycles. The summed E-state index contributed by atoms with van der Waals surface area (Å²) >= 11 is 0. The Morgan fingerprint density at radius 3 is 2.50 bits per heavy atom. The van der Waals surface area contributed by atoms with Crippen molar-refractivity contribution < 1.29 is 14.3 Å². The predicted molar refractivity (Wildman–Crippen MR) is 64.1 cm³/mol. The first-order valence-electron chi connectivity index (χ1n) is 5.85. The molecule has 2 N–H and O–H groups in total. The van der Waals surface area contributed by atoms with Crippen LogP contribution in [0.4, 0.5) is 0 Å². The quantitative estimate of drug-likeness (QED) is 0.510. The Kier molecular flexibility index (Phi) is 7.34. The third kappa shape index (κ3) is 6.80. The van der Waals surface area contributed by atoms with Gasteiger partial charge in [-0.05, 0) is 32.1 Å². The van der Waals surface area contributed by atoms with Gasteiger partial charge < -0.3 is 15.2 Å². The summed E-state index contributed by atoms with van der Waals surface area (Å²) in [6.07, 6.45) is 2.43. The maximum atomic E-state index is 11.3. The lowest BCUT2D eigenvalue weighted by atomic mass is 9.98. The summed E-state index contributed by atoms with van der Waals surface area (Å²) in [7, 11) is 1.35. The fourth-order valence-electron chi connectivity index (χ4n) is 1.30. The van der Waals surface area contributed by atoms with Crippen molar-refractivity contribution in [3.8, 4) is 0 Å². The van der Waals surface area contributed by atoms with Crippen LogP contribution in [0.3, 0.4) is 0 Å². The van der Waals surface area contributed by atoms with E-state index in [9.17, 15) is 4.79 Å². The Morgan fingerprint density at radius 1 is 1.38 bits per heavy atom. The summed E-state index contributed by atoms with van der Waals surface area (Å²) in [5.41, 5.74) is 4.91. The van der Waals surface area contributed by atoms with E-state index in [1.165, 1.54) is 7.11 Å². The van der Waals surface area contributed by atoms with Gasteiger partial charge in [-0.25, -0.2) is 0 Å². The topological polar surface area (TPSA) is 61.5 Å². The fourth-order valence-corrected chi connectivity index (χ4v) is 1.30. The molecule has 1 atom stereocenters. The average Bonchev–Trinajstić information content (AvgIpc) is 2.21. The number of esters is 1. The summed E-state index contributed by atoms with van der Waals surface area (Å²) < 4.78 is 10.1. The van der Waals surface area contributed by atoms with Crippen LogP contribution < -0.4 is 5.73 Å². The molecule has 0 aliphatic carbocycles. The van der Waals surface area contributed by atoms with Crippen molar-refractivity contribution in [2.75, 3.05) is 20.3 Å². The van der Waals surface area contributed by atoms with Crippen LogP contribution in [0.5, 0.6) is 0 Å². The molecule has 0 bridgehead atoms. The lowest BCUT2D eigenvalue weighted by Gasteiger charge is -2.21. The van der Waals surface area contributed by atoms with Crippen molar-refractivity contribution in [2.24, 2.45) is 11.7 Å². The molecule has 0 fully saturated rings. The Bertz CT molecular complexity index is 202. The smallest absolute Gasteiger partial charge is 0.325 e. The van der Waals surface area contributed by atoms with Crippen LogP contribution in [0.15, 0.2) is 0 Å². The van der Waals surface area contributed by atoms with Gasteiger partial charge in [0.05, 0.1) is 7.11 Å². The van der Waals surface area contributed by atoms with Crippen LogP contribution in [0.1, 0.15) is 40.0 Å². The number of hydrogen-bond donors (Lipinski definition) is 1. The molecule has 0 saturated heterocycles. The molecule has 1 unspecified atom stereocenters. The highest BCUT2D eigenvalue weighted by molar-refractivity contribution is 5.79. The SMILES string of the molecule is COC(=O)C(C)(N)CCCOCCC(C)C. The third-order valence-electron chi connectivity index (χ3n) is 2.48. The highest BCUT2D eigenvalue weighted by Gasteiger charge is 2.28. The first-order valence-corrected chi connectivity index (χ1v) is 5.85. The molecule has 4 heteroatoms. The molecule has 0 aromatic carbocycles. The van der Waals surface area contributed by atoms with Gasteiger partial charge in [0.2, 0.25) is 0 Å². The van der Waals surface area contributed by atoms with Crippen molar-refractivity contribution in [1.82, 2.24) is 0 Å². The third-order valence-corrected chi connectivity index (χ3v) is 2.48. The Balaban J connectivity index is 3.54. The lowest BCUT2D eigenvalue weighted by Crippen LogP contribution is -2.45. The van der Waals surface area contributed by atoms with E-state index in [-0.39, 0.29) is 5.97 Å². The monoisotopic (exact) mass is 231 g/mol. The van der Waals surface area contributed by atoms with Gasteiger partial charge in [0, 0.05) is 13.2 Å². The normalized spacial score (nSPS) is 14.9. The molecule has 0 aromatic rings. The van der Waals surface area contributed by atoms with Crippen LogP contribution in [-0.4, -0.2) is 31.8 Å². The van der Waals surface area contributed by atoms with Crippen LogP contribution in [-0.2, 0) is 14.3 Å². The summed E-state index contributed by atoms with van der Waals surface area (Å²) in [6, 6.07) is 0. The Hall–Kier alpha value is -0.610. The van der Waals surface area contributed by atoms with E-state index < -0.39 is 5.54 Å². The maximum Gasteiger partial charge on any atom is 0.325 e. The zero-order chi connectivity index (χ0) is 12.6. The molecule has 0 aromatic heterocycles. The van der Waals surface area contributed by atoms with E-state index in [4.69, 9.17) is 10.5 Å². The zero-order valence-electron chi connectivity index (χ0n) is 10.9. The maximum absolute atomic E-state index is 11.3. The molecule has 0 aliphatic heterocycles. The second-order valence-corrected chi connectivity index (χ2v) is 4.81. The van der Waals surface area contributed by atoms with Crippen LogP contribution in [0.25, 0.3) is 0 Å². The van der Waals surface area contributed by atoms with E-state index in [2.05, 4.69) is 18.6 Å². The molecule has 16 heavy (non-hydrogen) atoms. The van der Waals surface area contributed by atoms with E-state index in [0.717, 1.165) is 19.4 Å². The van der Waals surface area contributed by atoms with Crippen LogP contribution >= 0.6 is 0 Å². The molecule has 0 spiro atoms. The predicted octanol–water partition coefficient (Wildman–Crippen LogP) is 1.72. The Labute approximate surface area is 98.5 Å². The minimum absolute atomic E-state index is 0.366. The summed E-state index contributed by atoms with van der Waals surface area (Å²) in [5, 5.41) is 0. The van der Waals surface area contributed by atoms with Crippen LogP contribution in [0, 0.1) is 5.92 Å². The number of rotatable bonds is 8. The van der Waals surface area contributed by atoms with E-state index >= 15 is 0 Å². The summed E-state index contributed by atoms with van der Waals surface area (Å²) in [6.45, 7) is 7.44. The van der Waals surface area contributed by atoms with E-state index in [1.54, 1.807) is 6.92 Å². The number of carbonyl (C=O) groups excluding carboxylic acids is 1. The molecule has 0 radical (unpaired) electrons. The molecule has 0 rings (SSSR count). The van der Waals surface area contributed by atoms with Gasteiger partial charge in [-0.1, -0.05) is 13.8 Å². The number of ether oxygens (including phenoxy) is 2. The second kappa shape index (κ2) is 7.63. The molecule has 0 amide bonds. The van der Waals surface area contributed by atoms with Crippen molar-refractivity contribution >= 4 is 5.97 Å². The lowest BCUT2D eigenvalue weighted by molar-refractivity contribution is -0.146. The minimum Gasteiger partial charge on any atom is -0.468 e. The molecule has 4 nitrogen and oxygen atoms in total. The molecule has 0 heterocycles. The summed E-state index contributed by atoms with van der Waals surface area (Å²) in [5.74, 6) is 0.296. The first kappa shape index (κ1) is 15.4. The number of carbonyl (C=O) groups is 1. The van der Waals surface area contributed by atoms with Gasteiger partial charge in [-0.15, -0.1) is 0 Å². The van der Waals surface area contributed by atoms with Crippen LogP contribution in [0.2, 0.25) is 0 Å². The number of hydrogen-bond acceptors (Lipinski definition) is 4. The van der Waals surface area contributed by atoms with E-state index in [0.29, 0.717) is 18.9 Å². The average molecular weight is 231 g/mol. The van der Waals surface area contributed by atoms with E-state index in [1.807, 2.05) is 0 Å². The first-order chi connectivity index (χ1) is 7.40. The standard InChI is InChI=1S/C12H25NO3/c1-10(2)6-9-16-8-5-7-12(3,13)11(14)15-4/h10H,5-9,13H2,1-4H3. The van der Waals surface area contributed by atoms with Gasteiger partial charge in [0.25, 0.3) is 0 Å². The highest BCUT2D eigenvalue weighted by atomic mass is 16.5. The number of methoxy groups -OCH3 is 1. The molecular weight excluding hydrogens is 206 g/mol. The fraction of sp³-hybridized carbons (Fsp3) is 0.917. The number of nitrogens with two attached hydrogens (primary N) is 1. The van der Waals surface area contributed by atoms with Crippen molar-refractivity contribution in [2.45, 2.75) is 45.6 Å². The molecule has 96 valence electrons. The zero-order valence-corrected chi connectivity index (χ0v) is 10.9. The Morgan fingerprint density at radius 2 is 2.00 bits per heavy atom. The van der Waals surface area contributed by atoms with Gasteiger partial charge in [-0.3, -0.25) is 4.79 Å². The second-order valence-electron chi connectivity index (χ2n) is 4.81. The minimum atomic E-state index is -0.893. The van der Waals surface area contributed by atoms with Gasteiger partial charge in [-0.2, -0.15) is 0 Å². The largest absolute Gasteiger partial charge is 0.468 e. The summed E-state index contributed by atoms with van der Waals surface area (Å²) in [4.78, 5) is 11.3. The van der Waals surface area contributed by atoms with Crippen molar-refractivity contribution in [3.63, 3.8) is 0 Å². The molecular formula is C12H25NO3. The molecule has 0 aliphatic rings.